The SMILES string of the molecule is CC(C)Cc1ccc(-c2cc(CC(C)c3ncccc3-c3ccc4ccncc4c3)cnc2C(C)C)cc1. The van der Waals surface area contributed by atoms with E-state index in [-0.39, 0.29) is 5.92 Å². The van der Waals surface area contributed by atoms with Gasteiger partial charge in [-0.2, -0.15) is 0 Å². The molecule has 0 radical (unpaired) electrons. The van der Waals surface area contributed by atoms with E-state index < -0.39 is 0 Å². The van der Waals surface area contributed by atoms with Gasteiger partial charge in [0.15, 0.2) is 0 Å². The zero-order chi connectivity index (χ0) is 26.6. The van der Waals surface area contributed by atoms with Crippen LogP contribution in [0.4, 0.5) is 0 Å². The number of fused-ring (bicyclic) bond motifs is 1. The summed E-state index contributed by atoms with van der Waals surface area (Å²) in [5.74, 6) is 1.25. The van der Waals surface area contributed by atoms with E-state index in [1.165, 1.54) is 38.8 Å². The highest BCUT2D eigenvalue weighted by Gasteiger charge is 2.17. The Morgan fingerprint density at radius 2 is 1.39 bits per heavy atom. The summed E-state index contributed by atoms with van der Waals surface area (Å²) < 4.78 is 0. The fourth-order valence-corrected chi connectivity index (χ4v) is 5.37. The Kier molecular flexibility index (Phi) is 7.64. The molecular formula is C35H37N3. The molecule has 5 rings (SSSR count). The molecule has 0 spiro atoms. The molecule has 0 amide bonds. The van der Waals surface area contributed by atoms with Gasteiger partial charge < -0.3 is 0 Å². The van der Waals surface area contributed by atoms with Crippen LogP contribution < -0.4 is 0 Å². The van der Waals surface area contributed by atoms with Crippen molar-refractivity contribution in [3.05, 3.63) is 114 Å². The van der Waals surface area contributed by atoms with Gasteiger partial charge in [-0.15, -0.1) is 0 Å². The summed E-state index contributed by atoms with van der Waals surface area (Å²) in [5.41, 5.74) is 9.73. The largest absolute Gasteiger partial charge is 0.264 e. The van der Waals surface area contributed by atoms with E-state index in [2.05, 4.69) is 106 Å². The van der Waals surface area contributed by atoms with Crippen molar-refractivity contribution in [2.75, 3.05) is 0 Å². The molecular weight excluding hydrogens is 462 g/mol. The molecule has 0 fully saturated rings. The standard InChI is InChI=1S/C35H37N3/c1-23(2)17-26-8-10-29(11-9-26)33-19-27(21-38-34(33)24(3)4)18-25(5)35-32(7-6-15-37-35)30-13-12-28-14-16-36-22-31(28)20-30/h6-16,19-25H,17-18H2,1-5H3. The van der Waals surface area contributed by atoms with E-state index in [1.54, 1.807) is 0 Å². The molecule has 0 aliphatic rings. The van der Waals surface area contributed by atoms with Crippen LogP contribution in [0.3, 0.4) is 0 Å². The van der Waals surface area contributed by atoms with Gasteiger partial charge in [0, 0.05) is 47.2 Å². The van der Waals surface area contributed by atoms with Gasteiger partial charge in [0.25, 0.3) is 0 Å². The molecule has 3 heteroatoms. The highest BCUT2D eigenvalue weighted by Crippen LogP contribution is 2.34. The molecule has 38 heavy (non-hydrogen) atoms. The van der Waals surface area contributed by atoms with Crippen LogP contribution in [0.15, 0.2) is 91.5 Å². The zero-order valence-electron chi connectivity index (χ0n) is 23.1. The molecule has 0 N–H and O–H groups in total. The number of pyridine rings is 3. The van der Waals surface area contributed by atoms with Crippen LogP contribution in [-0.4, -0.2) is 15.0 Å². The van der Waals surface area contributed by atoms with Crippen LogP contribution in [0, 0.1) is 5.92 Å². The molecule has 2 aromatic carbocycles. The van der Waals surface area contributed by atoms with Crippen LogP contribution in [-0.2, 0) is 12.8 Å². The molecule has 0 saturated heterocycles. The molecule has 3 aromatic heterocycles. The lowest BCUT2D eigenvalue weighted by Crippen LogP contribution is -2.05. The summed E-state index contributed by atoms with van der Waals surface area (Å²) in [6.45, 7) is 11.2. The highest BCUT2D eigenvalue weighted by atomic mass is 14.7. The molecule has 3 nitrogen and oxygen atoms in total. The second-order valence-corrected chi connectivity index (χ2v) is 11.2. The monoisotopic (exact) mass is 499 g/mol. The van der Waals surface area contributed by atoms with Crippen molar-refractivity contribution in [1.29, 1.82) is 0 Å². The summed E-state index contributed by atoms with van der Waals surface area (Å²) in [4.78, 5) is 14.1. The average Bonchev–Trinajstić information content (AvgIpc) is 2.92. The van der Waals surface area contributed by atoms with Crippen LogP contribution in [0.1, 0.15) is 69.0 Å². The molecule has 0 aliphatic carbocycles. The van der Waals surface area contributed by atoms with Crippen molar-refractivity contribution in [2.45, 2.75) is 59.3 Å². The number of benzene rings is 2. The van der Waals surface area contributed by atoms with E-state index >= 15 is 0 Å². The third-order valence-electron chi connectivity index (χ3n) is 7.23. The van der Waals surface area contributed by atoms with Crippen LogP contribution in [0.5, 0.6) is 0 Å². The normalized spacial score (nSPS) is 12.4. The number of rotatable bonds is 8. The van der Waals surface area contributed by atoms with Gasteiger partial charge in [-0.25, -0.2) is 0 Å². The van der Waals surface area contributed by atoms with E-state index in [4.69, 9.17) is 9.97 Å². The first-order valence-corrected chi connectivity index (χ1v) is 13.8. The molecule has 0 saturated carbocycles. The maximum absolute atomic E-state index is 4.96. The van der Waals surface area contributed by atoms with Gasteiger partial charge in [0.05, 0.1) is 11.4 Å². The first-order chi connectivity index (χ1) is 18.4. The zero-order valence-corrected chi connectivity index (χ0v) is 23.1. The third-order valence-corrected chi connectivity index (χ3v) is 7.23. The minimum absolute atomic E-state index is 0.240. The van der Waals surface area contributed by atoms with Gasteiger partial charge >= 0.3 is 0 Å². The lowest BCUT2D eigenvalue weighted by Gasteiger charge is -2.18. The van der Waals surface area contributed by atoms with Gasteiger partial charge in [-0.3, -0.25) is 15.0 Å². The molecule has 0 bridgehead atoms. The number of hydrogen-bond acceptors (Lipinski definition) is 3. The van der Waals surface area contributed by atoms with Gasteiger partial charge in [0.1, 0.15) is 0 Å². The summed E-state index contributed by atoms with van der Waals surface area (Å²) in [5, 5.41) is 2.34. The van der Waals surface area contributed by atoms with E-state index in [9.17, 15) is 0 Å². The Morgan fingerprint density at radius 1 is 0.605 bits per heavy atom. The molecule has 1 unspecified atom stereocenters. The van der Waals surface area contributed by atoms with Gasteiger partial charge in [-0.1, -0.05) is 77.1 Å². The summed E-state index contributed by atoms with van der Waals surface area (Å²) in [6.07, 6.45) is 9.72. The van der Waals surface area contributed by atoms with Crippen molar-refractivity contribution in [1.82, 2.24) is 15.0 Å². The van der Waals surface area contributed by atoms with Crippen LogP contribution in [0.2, 0.25) is 0 Å². The molecule has 3 heterocycles. The Morgan fingerprint density at radius 3 is 2.16 bits per heavy atom. The number of hydrogen-bond donors (Lipinski definition) is 0. The first-order valence-electron chi connectivity index (χ1n) is 13.8. The second kappa shape index (κ2) is 11.3. The highest BCUT2D eigenvalue weighted by molar-refractivity contribution is 5.87. The first kappa shape index (κ1) is 25.8. The summed E-state index contributed by atoms with van der Waals surface area (Å²) >= 11 is 0. The average molecular weight is 500 g/mol. The number of aromatic nitrogens is 3. The summed E-state index contributed by atoms with van der Waals surface area (Å²) in [7, 11) is 0. The molecule has 192 valence electrons. The quantitative estimate of drug-likeness (QED) is 0.214. The second-order valence-electron chi connectivity index (χ2n) is 11.2. The fraction of sp³-hybridized carbons (Fsp3) is 0.286. The van der Waals surface area contributed by atoms with Crippen molar-refractivity contribution in [2.24, 2.45) is 5.92 Å². The molecule has 1 atom stereocenters. The maximum atomic E-state index is 4.96. The van der Waals surface area contributed by atoms with E-state index in [0.29, 0.717) is 11.8 Å². The fourth-order valence-electron chi connectivity index (χ4n) is 5.37. The van der Waals surface area contributed by atoms with Crippen LogP contribution >= 0.6 is 0 Å². The molecule has 0 aliphatic heterocycles. The predicted octanol–water partition coefficient (Wildman–Crippen LogP) is 9.03. The lowest BCUT2D eigenvalue weighted by atomic mass is 9.89. The van der Waals surface area contributed by atoms with Crippen molar-refractivity contribution in [3.63, 3.8) is 0 Å². The Hall–Kier alpha value is -3.85. The van der Waals surface area contributed by atoms with Gasteiger partial charge in [0.2, 0.25) is 0 Å². The van der Waals surface area contributed by atoms with Gasteiger partial charge in [-0.05, 0) is 76.6 Å². The minimum atomic E-state index is 0.240. The number of nitrogens with zero attached hydrogens (tertiary/aromatic N) is 3. The van der Waals surface area contributed by atoms with Crippen molar-refractivity contribution >= 4 is 10.8 Å². The topological polar surface area (TPSA) is 38.7 Å². The Bertz CT molecular complexity index is 1530. The third kappa shape index (κ3) is 5.67. The minimum Gasteiger partial charge on any atom is -0.264 e. The van der Waals surface area contributed by atoms with E-state index in [1.807, 2.05) is 24.7 Å². The molecule has 5 aromatic rings. The van der Waals surface area contributed by atoms with Crippen LogP contribution in [0.25, 0.3) is 33.0 Å². The Balaban J connectivity index is 1.45. The maximum Gasteiger partial charge on any atom is 0.0513 e. The smallest absolute Gasteiger partial charge is 0.0513 e. The lowest BCUT2D eigenvalue weighted by molar-refractivity contribution is 0.647. The Labute approximate surface area is 227 Å². The van der Waals surface area contributed by atoms with Crippen molar-refractivity contribution in [3.8, 4) is 22.3 Å². The van der Waals surface area contributed by atoms with Crippen molar-refractivity contribution < 1.29 is 0 Å². The van der Waals surface area contributed by atoms with E-state index in [0.717, 1.165) is 29.6 Å². The summed E-state index contributed by atoms with van der Waals surface area (Å²) in [6, 6.07) is 24.3. The predicted molar refractivity (Wildman–Crippen MR) is 159 cm³/mol.